The fourth-order valence-electron chi connectivity index (χ4n) is 4.05. The van der Waals surface area contributed by atoms with Crippen molar-refractivity contribution >= 4 is 21.6 Å². The Hall–Kier alpha value is -2.96. The zero-order valence-electron chi connectivity index (χ0n) is 18.5. The first-order chi connectivity index (χ1) is 15.3. The predicted octanol–water partition coefficient (Wildman–Crippen LogP) is 4.62. The number of anilines is 1. The maximum Gasteiger partial charge on any atom is 0.243 e. The largest absolute Gasteiger partial charge is 0.325 e. The minimum atomic E-state index is -3.86. The van der Waals surface area contributed by atoms with Gasteiger partial charge in [-0.1, -0.05) is 42.5 Å². The Labute approximate surface area is 190 Å². The number of hydrogen-bond donors (Lipinski definition) is 1. The Morgan fingerprint density at radius 2 is 1.66 bits per heavy atom. The molecule has 0 fully saturated rings. The predicted molar refractivity (Wildman–Crippen MR) is 127 cm³/mol. The molecule has 0 heterocycles. The minimum absolute atomic E-state index is 0.119. The van der Waals surface area contributed by atoms with Gasteiger partial charge in [0.1, 0.15) is 0 Å². The van der Waals surface area contributed by atoms with Gasteiger partial charge in [0.15, 0.2) is 0 Å². The van der Waals surface area contributed by atoms with Gasteiger partial charge in [0.2, 0.25) is 15.9 Å². The average Bonchev–Trinajstić information content (AvgIpc) is 3.23. The van der Waals surface area contributed by atoms with Crippen LogP contribution in [0.3, 0.4) is 0 Å². The second-order valence-electron chi connectivity index (χ2n) is 8.39. The van der Waals surface area contributed by atoms with Gasteiger partial charge in [-0.25, -0.2) is 8.42 Å². The molecule has 0 aliphatic heterocycles. The van der Waals surface area contributed by atoms with Crippen molar-refractivity contribution in [3.05, 3.63) is 94.5 Å². The maximum atomic E-state index is 13.5. The molecule has 32 heavy (non-hydrogen) atoms. The van der Waals surface area contributed by atoms with Gasteiger partial charge in [-0.05, 0) is 85.2 Å². The van der Waals surface area contributed by atoms with E-state index in [-0.39, 0.29) is 23.9 Å². The van der Waals surface area contributed by atoms with Gasteiger partial charge in [-0.2, -0.15) is 4.31 Å². The molecule has 1 amide bonds. The lowest BCUT2D eigenvalue weighted by atomic mass is 10.1. The van der Waals surface area contributed by atoms with Crippen LogP contribution in [-0.2, 0) is 34.2 Å². The first-order valence-corrected chi connectivity index (χ1v) is 12.3. The van der Waals surface area contributed by atoms with Gasteiger partial charge in [-0.15, -0.1) is 0 Å². The fourth-order valence-corrected chi connectivity index (χ4v) is 5.52. The highest BCUT2D eigenvalue weighted by atomic mass is 32.2. The van der Waals surface area contributed by atoms with Crippen molar-refractivity contribution in [3.8, 4) is 0 Å². The Bertz CT molecular complexity index is 1240. The van der Waals surface area contributed by atoms with Gasteiger partial charge < -0.3 is 5.32 Å². The highest BCUT2D eigenvalue weighted by molar-refractivity contribution is 7.89. The van der Waals surface area contributed by atoms with Gasteiger partial charge >= 0.3 is 0 Å². The van der Waals surface area contributed by atoms with E-state index in [9.17, 15) is 13.2 Å². The van der Waals surface area contributed by atoms with Crippen molar-refractivity contribution in [1.29, 1.82) is 0 Å². The number of fused-ring (bicyclic) bond motifs is 1. The van der Waals surface area contributed by atoms with Crippen LogP contribution in [0.15, 0.2) is 71.6 Å². The standard InChI is InChI=1S/C26H28N2O3S/c1-19-11-14-25(15-20(19)2)32(30,31)28(17-21-7-4-3-5-8-21)18-26(29)27-24-13-12-22-9-6-10-23(22)16-24/h3-5,7-8,11-16H,6,9-10,17-18H2,1-2H3,(H,27,29). The lowest BCUT2D eigenvalue weighted by Crippen LogP contribution is -2.37. The van der Waals surface area contributed by atoms with Gasteiger partial charge in [0.25, 0.3) is 0 Å². The van der Waals surface area contributed by atoms with E-state index in [1.165, 1.54) is 15.4 Å². The highest BCUT2D eigenvalue weighted by Crippen LogP contribution is 2.25. The summed E-state index contributed by atoms with van der Waals surface area (Å²) < 4.78 is 28.2. The highest BCUT2D eigenvalue weighted by Gasteiger charge is 2.27. The van der Waals surface area contributed by atoms with Crippen molar-refractivity contribution in [3.63, 3.8) is 0 Å². The van der Waals surface area contributed by atoms with Crippen molar-refractivity contribution < 1.29 is 13.2 Å². The number of hydrogen-bond acceptors (Lipinski definition) is 3. The van der Waals surface area contributed by atoms with Crippen molar-refractivity contribution in [2.75, 3.05) is 11.9 Å². The van der Waals surface area contributed by atoms with E-state index < -0.39 is 10.0 Å². The molecule has 0 bridgehead atoms. The number of amides is 1. The Kier molecular flexibility index (Phi) is 6.44. The molecule has 5 nitrogen and oxygen atoms in total. The molecule has 1 aliphatic rings. The molecule has 6 heteroatoms. The second-order valence-corrected chi connectivity index (χ2v) is 10.3. The van der Waals surface area contributed by atoms with E-state index in [1.807, 2.05) is 62.4 Å². The zero-order valence-corrected chi connectivity index (χ0v) is 19.3. The third-order valence-corrected chi connectivity index (χ3v) is 7.81. The lowest BCUT2D eigenvalue weighted by molar-refractivity contribution is -0.116. The molecule has 0 spiro atoms. The van der Waals surface area contributed by atoms with E-state index in [0.717, 1.165) is 36.0 Å². The normalized spacial score (nSPS) is 13.2. The summed E-state index contributed by atoms with van der Waals surface area (Å²) in [7, 11) is -3.86. The van der Waals surface area contributed by atoms with E-state index in [1.54, 1.807) is 18.2 Å². The van der Waals surface area contributed by atoms with E-state index in [2.05, 4.69) is 5.32 Å². The smallest absolute Gasteiger partial charge is 0.243 e. The first kappa shape index (κ1) is 22.2. The molecule has 0 atom stereocenters. The summed E-state index contributed by atoms with van der Waals surface area (Å²) in [5.74, 6) is -0.355. The number of carbonyl (C=O) groups excluding carboxylic acids is 1. The molecule has 0 unspecified atom stereocenters. The third kappa shape index (κ3) is 4.92. The third-order valence-electron chi connectivity index (χ3n) is 6.02. The molecule has 0 radical (unpaired) electrons. The van der Waals surface area contributed by atoms with Crippen LogP contribution in [0.4, 0.5) is 5.69 Å². The summed E-state index contributed by atoms with van der Waals surface area (Å²) in [6, 6.07) is 20.3. The molecule has 1 N–H and O–H groups in total. The van der Waals surface area contributed by atoms with Gasteiger partial charge in [-0.3, -0.25) is 4.79 Å². The van der Waals surface area contributed by atoms with Crippen molar-refractivity contribution in [1.82, 2.24) is 4.31 Å². The quantitative estimate of drug-likeness (QED) is 0.573. The molecule has 0 saturated heterocycles. The number of rotatable bonds is 7. The van der Waals surface area contributed by atoms with Crippen LogP contribution in [0, 0.1) is 13.8 Å². The number of benzene rings is 3. The minimum Gasteiger partial charge on any atom is -0.325 e. The number of aryl methyl sites for hydroxylation is 4. The molecular weight excluding hydrogens is 420 g/mol. The van der Waals surface area contributed by atoms with Crippen LogP contribution >= 0.6 is 0 Å². The summed E-state index contributed by atoms with van der Waals surface area (Å²) >= 11 is 0. The number of sulfonamides is 1. The fraction of sp³-hybridized carbons (Fsp3) is 0.269. The van der Waals surface area contributed by atoms with Crippen LogP contribution in [-0.4, -0.2) is 25.2 Å². The van der Waals surface area contributed by atoms with Crippen LogP contribution in [0.25, 0.3) is 0 Å². The Balaban J connectivity index is 1.58. The van der Waals surface area contributed by atoms with E-state index >= 15 is 0 Å². The summed E-state index contributed by atoms with van der Waals surface area (Å²) in [6.45, 7) is 3.68. The van der Waals surface area contributed by atoms with Crippen LogP contribution in [0.5, 0.6) is 0 Å². The molecule has 3 aromatic carbocycles. The molecule has 166 valence electrons. The average molecular weight is 449 g/mol. The van der Waals surface area contributed by atoms with Crippen LogP contribution < -0.4 is 5.32 Å². The number of nitrogens with one attached hydrogen (secondary N) is 1. The van der Waals surface area contributed by atoms with Gasteiger partial charge in [0, 0.05) is 12.2 Å². The van der Waals surface area contributed by atoms with Gasteiger partial charge in [0.05, 0.1) is 11.4 Å². The first-order valence-electron chi connectivity index (χ1n) is 10.9. The summed E-state index contributed by atoms with van der Waals surface area (Å²) in [5, 5.41) is 2.89. The van der Waals surface area contributed by atoms with Crippen LogP contribution in [0.2, 0.25) is 0 Å². The SMILES string of the molecule is Cc1ccc(S(=O)(=O)N(CC(=O)Nc2ccc3c(c2)CCC3)Cc2ccccc2)cc1C. The topological polar surface area (TPSA) is 66.5 Å². The van der Waals surface area contributed by atoms with Crippen molar-refractivity contribution in [2.45, 2.75) is 44.6 Å². The maximum absolute atomic E-state index is 13.5. The summed E-state index contributed by atoms with van der Waals surface area (Å²) in [4.78, 5) is 13.1. The molecule has 0 saturated carbocycles. The second kappa shape index (κ2) is 9.27. The summed E-state index contributed by atoms with van der Waals surface area (Å²) in [5.41, 5.74) is 6.03. The summed E-state index contributed by atoms with van der Waals surface area (Å²) in [6.07, 6.45) is 3.22. The Morgan fingerprint density at radius 3 is 2.41 bits per heavy atom. The number of nitrogens with zero attached hydrogens (tertiary/aromatic N) is 1. The number of carbonyl (C=O) groups is 1. The molecule has 1 aliphatic carbocycles. The van der Waals surface area contributed by atoms with E-state index in [4.69, 9.17) is 0 Å². The molecule has 0 aromatic heterocycles. The zero-order chi connectivity index (χ0) is 22.7. The lowest BCUT2D eigenvalue weighted by Gasteiger charge is -2.22. The van der Waals surface area contributed by atoms with Crippen molar-refractivity contribution in [2.24, 2.45) is 0 Å². The van der Waals surface area contributed by atoms with Crippen LogP contribution in [0.1, 0.15) is 34.2 Å². The molecule has 4 rings (SSSR count). The molecular formula is C26H28N2O3S. The molecule has 3 aromatic rings. The Morgan fingerprint density at radius 1 is 0.906 bits per heavy atom. The monoisotopic (exact) mass is 448 g/mol. The van der Waals surface area contributed by atoms with E-state index in [0.29, 0.717) is 5.69 Å².